The van der Waals surface area contributed by atoms with Crippen molar-refractivity contribution in [3.05, 3.63) is 53.1 Å². The van der Waals surface area contributed by atoms with Crippen LogP contribution in [0, 0.1) is 11.7 Å². The van der Waals surface area contributed by atoms with E-state index >= 15 is 0 Å². The molecule has 1 fully saturated rings. The molecular formula is C22H29FN4O2. The van der Waals surface area contributed by atoms with Gasteiger partial charge in [0.05, 0.1) is 5.69 Å². The second kappa shape index (κ2) is 9.20. The van der Waals surface area contributed by atoms with Gasteiger partial charge in [0.1, 0.15) is 11.5 Å². The highest BCUT2D eigenvalue weighted by molar-refractivity contribution is 5.93. The summed E-state index contributed by atoms with van der Waals surface area (Å²) in [6.45, 7) is 8.24. The summed E-state index contributed by atoms with van der Waals surface area (Å²) in [5.74, 6) is -0.160. The minimum absolute atomic E-state index is 0.0119. The quantitative estimate of drug-likeness (QED) is 0.809. The number of amides is 2. The molecule has 1 aliphatic rings. The number of carbonyl (C=O) groups excluding carboxylic acids is 2. The van der Waals surface area contributed by atoms with Crippen LogP contribution in [-0.2, 0) is 17.9 Å². The van der Waals surface area contributed by atoms with Crippen molar-refractivity contribution in [2.75, 3.05) is 13.1 Å². The topological polar surface area (TPSA) is 67.2 Å². The van der Waals surface area contributed by atoms with Crippen molar-refractivity contribution in [1.82, 2.24) is 20.0 Å². The first-order valence-electron chi connectivity index (χ1n) is 10.3. The maximum Gasteiger partial charge on any atom is 0.272 e. The lowest BCUT2D eigenvalue weighted by atomic mass is 9.95. The molecule has 0 radical (unpaired) electrons. The zero-order chi connectivity index (χ0) is 21.0. The molecule has 0 atom stereocenters. The highest BCUT2D eigenvalue weighted by atomic mass is 19.1. The van der Waals surface area contributed by atoms with Gasteiger partial charge < -0.3 is 10.2 Å². The minimum Gasteiger partial charge on any atom is -0.352 e. The fourth-order valence-corrected chi connectivity index (χ4v) is 3.57. The van der Waals surface area contributed by atoms with E-state index in [2.05, 4.69) is 24.3 Å². The molecule has 1 aliphatic heterocycles. The number of hydrogen-bond acceptors (Lipinski definition) is 3. The van der Waals surface area contributed by atoms with E-state index < -0.39 is 0 Å². The van der Waals surface area contributed by atoms with Crippen LogP contribution in [0.5, 0.6) is 0 Å². The number of benzene rings is 1. The number of hydrogen-bond donors (Lipinski definition) is 1. The number of piperidine rings is 1. The van der Waals surface area contributed by atoms with Crippen LogP contribution in [0.2, 0.25) is 0 Å². The first-order chi connectivity index (χ1) is 13.9. The molecule has 3 rings (SSSR count). The summed E-state index contributed by atoms with van der Waals surface area (Å²) in [5.41, 5.74) is 2.40. The van der Waals surface area contributed by atoms with Crippen molar-refractivity contribution >= 4 is 11.8 Å². The zero-order valence-corrected chi connectivity index (χ0v) is 17.3. The third-order valence-corrected chi connectivity index (χ3v) is 5.44. The van der Waals surface area contributed by atoms with E-state index in [9.17, 15) is 14.0 Å². The fraction of sp³-hybridized carbons (Fsp3) is 0.500. The van der Waals surface area contributed by atoms with Gasteiger partial charge in [0.25, 0.3) is 5.91 Å². The average molecular weight is 400 g/mol. The first-order valence-corrected chi connectivity index (χ1v) is 10.3. The van der Waals surface area contributed by atoms with Gasteiger partial charge in [0.15, 0.2) is 0 Å². The molecule has 7 heteroatoms. The third kappa shape index (κ3) is 5.02. The van der Waals surface area contributed by atoms with Gasteiger partial charge in [-0.2, -0.15) is 5.10 Å². The van der Waals surface area contributed by atoms with Crippen LogP contribution in [0.25, 0.3) is 0 Å². The molecule has 1 aromatic heterocycles. The molecule has 0 unspecified atom stereocenters. The van der Waals surface area contributed by atoms with E-state index in [0.717, 1.165) is 11.3 Å². The van der Waals surface area contributed by atoms with Crippen LogP contribution < -0.4 is 5.32 Å². The molecule has 0 spiro atoms. The van der Waals surface area contributed by atoms with Crippen LogP contribution in [-0.4, -0.2) is 39.6 Å². The number of nitrogens with zero attached hydrogens (tertiary/aromatic N) is 3. The van der Waals surface area contributed by atoms with Crippen molar-refractivity contribution in [3.63, 3.8) is 0 Å². The number of carbonyl (C=O) groups is 2. The van der Waals surface area contributed by atoms with E-state index in [0.29, 0.717) is 44.7 Å². The van der Waals surface area contributed by atoms with Gasteiger partial charge >= 0.3 is 0 Å². The van der Waals surface area contributed by atoms with Crippen molar-refractivity contribution < 1.29 is 14.0 Å². The second-order valence-corrected chi connectivity index (χ2v) is 7.84. The summed E-state index contributed by atoms with van der Waals surface area (Å²) in [7, 11) is 0. The monoisotopic (exact) mass is 400 g/mol. The molecule has 29 heavy (non-hydrogen) atoms. The summed E-state index contributed by atoms with van der Waals surface area (Å²) in [6, 6.07) is 7.99. The Morgan fingerprint density at radius 3 is 2.45 bits per heavy atom. The minimum atomic E-state index is -0.290. The smallest absolute Gasteiger partial charge is 0.272 e. The fourth-order valence-electron chi connectivity index (χ4n) is 3.57. The molecule has 156 valence electrons. The highest BCUT2D eigenvalue weighted by Crippen LogP contribution is 2.21. The lowest BCUT2D eigenvalue weighted by Gasteiger charge is -2.31. The van der Waals surface area contributed by atoms with Crippen LogP contribution in [0.4, 0.5) is 4.39 Å². The number of aryl methyl sites for hydroxylation is 1. The molecule has 6 nitrogen and oxygen atoms in total. The lowest BCUT2D eigenvalue weighted by Crippen LogP contribution is -2.43. The number of likely N-dealkylation sites (tertiary alicyclic amines) is 1. The molecule has 1 N–H and O–H groups in total. The van der Waals surface area contributed by atoms with Crippen molar-refractivity contribution in [3.8, 4) is 0 Å². The molecule has 0 bridgehead atoms. The van der Waals surface area contributed by atoms with Gasteiger partial charge in [0, 0.05) is 32.1 Å². The summed E-state index contributed by atoms with van der Waals surface area (Å²) < 4.78 is 14.7. The summed E-state index contributed by atoms with van der Waals surface area (Å²) in [6.07, 6.45) is 1.27. The maximum atomic E-state index is 13.0. The van der Waals surface area contributed by atoms with Gasteiger partial charge in [-0.15, -0.1) is 0 Å². The van der Waals surface area contributed by atoms with Gasteiger partial charge in [-0.3, -0.25) is 14.3 Å². The molecular weight excluding hydrogens is 371 g/mol. The molecule has 2 amide bonds. The predicted octanol–water partition coefficient (Wildman–Crippen LogP) is 3.33. The summed E-state index contributed by atoms with van der Waals surface area (Å²) in [5, 5.41) is 7.45. The van der Waals surface area contributed by atoms with Crippen molar-refractivity contribution in [1.29, 1.82) is 0 Å². The van der Waals surface area contributed by atoms with Crippen LogP contribution >= 0.6 is 0 Å². The summed E-state index contributed by atoms with van der Waals surface area (Å²) >= 11 is 0. The Morgan fingerprint density at radius 1 is 1.21 bits per heavy atom. The van der Waals surface area contributed by atoms with Crippen molar-refractivity contribution in [2.24, 2.45) is 5.92 Å². The Morgan fingerprint density at radius 2 is 1.86 bits per heavy atom. The Hall–Kier alpha value is -2.70. The van der Waals surface area contributed by atoms with E-state index in [-0.39, 0.29) is 29.5 Å². The Labute approximate surface area is 171 Å². The SMILES string of the molecule is CCn1nc(C(C)C)cc1C(=O)N1CCC(C(=O)NCc2ccc(F)cc2)CC1. The number of rotatable bonds is 6. The van der Waals surface area contributed by atoms with E-state index in [1.54, 1.807) is 16.8 Å². The van der Waals surface area contributed by atoms with Crippen LogP contribution in [0.3, 0.4) is 0 Å². The van der Waals surface area contributed by atoms with Crippen LogP contribution in [0.1, 0.15) is 61.3 Å². The highest BCUT2D eigenvalue weighted by Gasteiger charge is 2.29. The average Bonchev–Trinajstić information content (AvgIpc) is 3.17. The molecule has 2 aromatic rings. The Balaban J connectivity index is 1.54. The van der Waals surface area contributed by atoms with E-state index in [1.165, 1.54) is 12.1 Å². The molecule has 1 aromatic carbocycles. The normalized spacial score (nSPS) is 15.0. The molecule has 2 heterocycles. The number of aromatic nitrogens is 2. The molecule has 0 saturated carbocycles. The maximum absolute atomic E-state index is 13.0. The number of halogens is 1. The number of nitrogens with one attached hydrogen (secondary N) is 1. The van der Waals surface area contributed by atoms with E-state index in [4.69, 9.17) is 0 Å². The standard InChI is InChI=1S/C22H29FN4O2/c1-4-27-20(13-19(25-27)15(2)3)22(29)26-11-9-17(10-12-26)21(28)24-14-16-5-7-18(23)8-6-16/h5-8,13,15,17H,4,9-12,14H2,1-3H3,(H,24,28). The largest absolute Gasteiger partial charge is 0.352 e. The van der Waals surface area contributed by atoms with Gasteiger partial charge in [-0.25, -0.2) is 4.39 Å². The molecule has 1 saturated heterocycles. The zero-order valence-electron chi connectivity index (χ0n) is 17.3. The van der Waals surface area contributed by atoms with Gasteiger partial charge in [-0.05, 0) is 49.4 Å². The third-order valence-electron chi connectivity index (χ3n) is 5.44. The van der Waals surface area contributed by atoms with Crippen molar-refractivity contribution in [2.45, 2.75) is 52.6 Å². The van der Waals surface area contributed by atoms with Gasteiger partial charge in [0.2, 0.25) is 5.91 Å². The predicted molar refractivity (Wildman–Crippen MR) is 109 cm³/mol. The van der Waals surface area contributed by atoms with E-state index in [1.807, 2.05) is 17.9 Å². The first kappa shape index (κ1) is 21.0. The Kier molecular flexibility index (Phi) is 6.67. The second-order valence-electron chi connectivity index (χ2n) is 7.84. The Bertz CT molecular complexity index is 852. The lowest BCUT2D eigenvalue weighted by molar-refractivity contribution is -0.126. The summed E-state index contributed by atoms with van der Waals surface area (Å²) in [4.78, 5) is 27.2. The van der Waals surface area contributed by atoms with Gasteiger partial charge in [-0.1, -0.05) is 26.0 Å². The van der Waals surface area contributed by atoms with Crippen LogP contribution in [0.15, 0.2) is 30.3 Å². The molecule has 0 aliphatic carbocycles.